The van der Waals surface area contributed by atoms with Crippen molar-refractivity contribution in [1.82, 2.24) is 25.2 Å². The van der Waals surface area contributed by atoms with E-state index in [1.54, 1.807) is 6.07 Å². The van der Waals surface area contributed by atoms with Crippen molar-refractivity contribution in [2.24, 2.45) is 46.8 Å². The van der Waals surface area contributed by atoms with Crippen LogP contribution in [0.15, 0.2) is 18.2 Å². The van der Waals surface area contributed by atoms with Crippen LogP contribution < -0.4 is 0 Å². The molecule has 4 aliphatic carbocycles. The molecule has 8 rings (SSSR count). The number of nitrogens with one attached hydrogen (secondary N) is 1. The first-order valence-corrected chi connectivity index (χ1v) is 13.1. The number of hydrogen-bond acceptors (Lipinski definition) is 5. The third-order valence-electron chi connectivity index (χ3n) is 10.6. The van der Waals surface area contributed by atoms with Crippen LogP contribution in [0, 0.1) is 46.8 Å². The average molecular weight is 462 g/mol. The first-order valence-electron chi connectivity index (χ1n) is 13.1. The number of carbonyl (C=O) groups excluding carboxylic acids is 2. The summed E-state index contributed by atoms with van der Waals surface area (Å²) in [7, 11) is 0. The monoisotopic (exact) mass is 461 g/mol. The summed E-state index contributed by atoms with van der Waals surface area (Å²) < 4.78 is 6.00. The lowest BCUT2D eigenvalue weighted by Gasteiger charge is -2.39. The maximum Gasteiger partial charge on any atom is 0.409 e. The lowest BCUT2D eigenvalue weighted by molar-refractivity contribution is 0.0662. The SMILES string of the molecule is O=C(OCC12CC3CCC4CC3C1C2C4)N1C[C@@H]2CN(C(=O)c3ccc4[nH]nnc4c3)C[C@@H]2C1. The highest BCUT2D eigenvalue weighted by atomic mass is 16.6. The van der Waals surface area contributed by atoms with Crippen LogP contribution in [0.1, 0.15) is 42.5 Å². The quantitative estimate of drug-likeness (QED) is 0.758. The molecule has 0 radical (unpaired) electrons. The van der Waals surface area contributed by atoms with Gasteiger partial charge in [0.05, 0.1) is 12.1 Å². The number of rotatable bonds is 3. The second-order valence-electron chi connectivity index (χ2n) is 12.1. The molecular weight excluding hydrogens is 430 g/mol. The summed E-state index contributed by atoms with van der Waals surface area (Å²) in [4.78, 5) is 29.9. The molecule has 8 atom stereocenters. The molecule has 0 spiro atoms. The van der Waals surface area contributed by atoms with Crippen molar-refractivity contribution in [2.45, 2.75) is 32.1 Å². The number of benzene rings is 1. The van der Waals surface area contributed by atoms with Gasteiger partial charge in [-0.2, -0.15) is 0 Å². The standard InChI is InChI=1S/C26H31N5O3/c32-24(15-3-4-21-22(7-15)28-29-27-21)30-9-17-11-31(12-18(17)10-30)25(33)34-13-26-8-16-2-1-14-5-19(16)23(26)20(26)6-14/h3-4,7,14,16-20,23H,1-2,5-6,8-13H2,(H,27,28,29)/t14?,16?,17-,18+,19?,20?,23?,26?. The van der Waals surface area contributed by atoms with E-state index in [2.05, 4.69) is 15.4 Å². The van der Waals surface area contributed by atoms with Gasteiger partial charge in [-0.3, -0.25) is 9.89 Å². The minimum atomic E-state index is -0.129. The molecule has 34 heavy (non-hydrogen) atoms. The normalized spacial score (nSPS) is 41.1. The van der Waals surface area contributed by atoms with E-state index in [1.165, 1.54) is 32.1 Å². The highest BCUT2D eigenvalue weighted by Gasteiger charge is 2.75. The van der Waals surface area contributed by atoms with E-state index in [9.17, 15) is 9.59 Å². The fourth-order valence-electron chi connectivity index (χ4n) is 9.13. The number of amides is 2. The maximum atomic E-state index is 13.1. The fraction of sp³-hybridized carbons (Fsp3) is 0.692. The number of aromatic amines is 1. The van der Waals surface area contributed by atoms with Crippen molar-refractivity contribution < 1.29 is 14.3 Å². The largest absolute Gasteiger partial charge is 0.449 e. The molecule has 2 amide bonds. The molecule has 1 aromatic heterocycles. The van der Waals surface area contributed by atoms with Crippen molar-refractivity contribution in [3.63, 3.8) is 0 Å². The third-order valence-corrected chi connectivity index (χ3v) is 10.6. The van der Waals surface area contributed by atoms with E-state index in [-0.39, 0.29) is 12.0 Å². The Hall–Kier alpha value is -2.64. The molecule has 2 bridgehead atoms. The Morgan fingerprint density at radius 1 is 1.06 bits per heavy atom. The molecule has 2 saturated heterocycles. The van der Waals surface area contributed by atoms with Crippen molar-refractivity contribution in [3.05, 3.63) is 23.8 Å². The van der Waals surface area contributed by atoms with Gasteiger partial charge in [0, 0.05) is 49.0 Å². The van der Waals surface area contributed by atoms with Gasteiger partial charge in [0.2, 0.25) is 0 Å². The minimum Gasteiger partial charge on any atom is -0.449 e. The molecule has 1 aromatic carbocycles. The van der Waals surface area contributed by atoms with Crippen LogP contribution in [0.5, 0.6) is 0 Å². The number of nitrogens with zero attached hydrogens (tertiary/aromatic N) is 4. The summed E-state index contributed by atoms with van der Waals surface area (Å²) in [6, 6.07) is 5.48. The van der Waals surface area contributed by atoms with E-state index in [0.29, 0.717) is 61.1 Å². The summed E-state index contributed by atoms with van der Waals surface area (Å²) in [6.45, 7) is 3.43. The van der Waals surface area contributed by atoms with Gasteiger partial charge in [-0.15, -0.1) is 5.10 Å². The van der Waals surface area contributed by atoms with Gasteiger partial charge in [-0.25, -0.2) is 4.79 Å². The molecule has 6 unspecified atom stereocenters. The number of ether oxygens (including phenoxy) is 1. The molecule has 8 heteroatoms. The van der Waals surface area contributed by atoms with Gasteiger partial charge in [0.25, 0.3) is 5.91 Å². The van der Waals surface area contributed by atoms with Gasteiger partial charge in [0.1, 0.15) is 5.52 Å². The van der Waals surface area contributed by atoms with Crippen LogP contribution in [0.25, 0.3) is 11.0 Å². The van der Waals surface area contributed by atoms with Crippen LogP contribution in [0.4, 0.5) is 4.79 Å². The van der Waals surface area contributed by atoms with E-state index >= 15 is 0 Å². The second kappa shape index (κ2) is 6.73. The van der Waals surface area contributed by atoms with Gasteiger partial charge < -0.3 is 14.5 Å². The lowest BCUT2D eigenvalue weighted by Crippen LogP contribution is -2.36. The summed E-state index contributed by atoms with van der Waals surface area (Å²) in [6.07, 6.45) is 6.84. The fourth-order valence-corrected chi connectivity index (χ4v) is 9.13. The molecule has 1 N–H and O–H groups in total. The number of H-pyrrole nitrogens is 1. The average Bonchev–Trinajstić information content (AvgIpc) is 3.39. The molecule has 3 heterocycles. The smallest absolute Gasteiger partial charge is 0.409 e. The van der Waals surface area contributed by atoms with Gasteiger partial charge >= 0.3 is 6.09 Å². The molecular formula is C26H31N5O3. The molecule has 2 aliphatic heterocycles. The zero-order valence-electron chi connectivity index (χ0n) is 19.4. The highest BCUT2D eigenvalue weighted by molar-refractivity contribution is 5.97. The first kappa shape index (κ1) is 19.6. The zero-order valence-corrected chi connectivity index (χ0v) is 19.4. The van der Waals surface area contributed by atoms with Crippen molar-refractivity contribution >= 4 is 23.0 Å². The van der Waals surface area contributed by atoms with E-state index in [1.807, 2.05) is 21.9 Å². The molecule has 8 nitrogen and oxygen atoms in total. The number of fused-ring (bicyclic) bond motifs is 4. The van der Waals surface area contributed by atoms with Gasteiger partial charge in [0.15, 0.2) is 0 Å². The summed E-state index contributed by atoms with van der Waals surface area (Å²) >= 11 is 0. The number of aromatic nitrogens is 3. The molecule has 2 aromatic rings. The Balaban J connectivity index is 0.882. The molecule has 6 aliphatic rings. The van der Waals surface area contributed by atoms with Gasteiger partial charge in [-0.1, -0.05) is 11.6 Å². The molecule has 178 valence electrons. The molecule has 6 fully saturated rings. The Kier molecular flexibility index (Phi) is 3.89. The van der Waals surface area contributed by atoms with Crippen molar-refractivity contribution in [1.29, 1.82) is 0 Å². The van der Waals surface area contributed by atoms with Crippen molar-refractivity contribution in [2.75, 3.05) is 32.8 Å². The van der Waals surface area contributed by atoms with Crippen LogP contribution in [0.2, 0.25) is 0 Å². The Morgan fingerprint density at radius 3 is 2.74 bits per heavy atom. The highest BCUT2D eigenvalue weighted by Crippen LogP contribution is 2.79. The first-order chi connectivity index (χ1) is 16.6. The third kappa shape index (κ3) is 2.65. The van der Waals surface area contributed by atoms with Crippen LogP contribution in [-0.4, -0.2) is 70.0 Å². The van der Waals surface area contributed by atoms with Crippen molar-refractivity contribution in [3.8, 4) is 0 Å². The van der Waals surface area contributed by atoms with E-state index in [4.69, 9.17) is 4.74 Å². The Bertz CT molecular complexity index is 1180. The number of hydrogen-bond donors (Lipinski definition) is 1. The zero-order chi connectivity index (χ0) is 22.6. The number of likely N-dealkylation sites (tertiary alicyclic amines) is 2. The van der Waals surface area contributed by atoms with Gasteiger partial charge in [-0.05, 0) is 73.5 Å². The lowest BCUT2D eigenvalue weighted by atomic mass is 9.66. The maximum absolute atomic E-state index is 13.1. The summed E-state index contributed by atoms with van der Waals surface area (Å²) in [5.41, 5.74) is 2.50. The Labute approximate surface area is 198 Å². The van der Waals surface area contributed by atoms with E-state index in [0.717, 1.165) is 35.1 Å². The summed E-state index contributed by atoms with van der Waals surface area (Å²) in [5, 5.41) is 10.6. The topological polar surface area (TPSA) is 91.4 Å². The predicted octanol–water partition coefficient (Wildman–Crippen LogP) is 3.17. The van der Waals surface area contributed by atoms with Crippen LogP contribution in [-0.2, 0) is 4.74 Å². The van der Waals surface area contributed by atoms with Crippen LogP contribution in [0.3, 0.4) is 0 Å². The molecule has 4 saturated carbocycles. The number of carbonyl (C=O) groups is 2. The van der Waals surface area contributed by atoms with E-state index < -0.39 is 0 Å². The summed E-state index contributed by atoms with van der Waals surface area (Å²) in [5.74, 6) is 5.15. The second-order valence-corrected chi connectivity index (χ2v) is 12.1. The minimum absolute atomic E-state index is 0.0361. The van der Waals surface area contributed by atoms with Crippen LogP contribution >= 0.6 is 0 Å². The Morgan fingerprint density at radius 2 is 1.88 bits per heavy atom. The predicted molar refractivity (Wildman–Crippen MR) is 123 cm³/mol.